The van der Waals surface area contributed by atoms with Crippen molar-refractivity contribution in [3.05, 3.63) is 0 Å². The Kier molecular flexibility index (Phi) is 2.92. The van der Waals surface area contributed by atoms with E-state index in [0.29, 0.717) is 11.7 Å². The summed E-state index contributed by atoms with van der Waals surface area (Å²) in [5.41, 5.74) is -0.123. The highest BCUT2D eigenvalue weighted by Gasteiger charge is 2.29. The van der Waals surface area contributed by atoms with Gasteiger partial charge in [0.15, 0.2) is 0 Å². The highest BCUT2D eigenvalue weighted by Crippen LogP contribution is 2.30. The molecule has 0 aromatic carbocycles. The second kappa shape index (κ2) is 3.59. The monoisotopic (exact) mass is 168 g/mol. The molecule has 1 heteroatoms. The van der Waals surface area contributed by atoms with Crippen LogP contribution in [-0.2, 0) is 4.79 Å². The molecule has 1 aliphatic carbocycles. The van der Waals surface area contributed by atoms with Gasteiger partial charge < -0.3 is 0 Å². The summed E-state index contributed by atoms with van der Waals surface area (Å²) in [7, 11) is 0. The maximum atomic E-state index is 11.8. The summed E-state index contributed by atoms with van der Waals surface area (Å²) in [6.45, 7) is 6.10. The largest absolute Gasteiger partial charge is 0.299 e. The predicted octanol–water partition coefficient (Wildman–Crippen LogP) is 3.18. The lowest BCUT2D eigenvalue weighted by molar-refractivity contribution is -0.131. The number of carbonyl (C=O) groups excluding carboxylic acids is 1. The molecule has 0 heterocycles. The summed E-state index contributed by atoms with van der Waals surface area (Å²) in [6.07, 6.45) is 6.11. The molecule has 0 bridgehead atoms. The van der Waals surface area contributed by atoms with Crippen LogP contribution in [-0.4, -0.2) is 5.78 Å². The van der Waals surface area contributed by atoms with Crippen LogP contribution in [0.2, 0.25) is 0 Å². The first kappa shape index (κ1) is 9.76. The molecule has 0 atom stereocenters. The zero-order valence-electron chi connectivity index (χ0n) is 8.52. The first-order chi connectivity index (χ1) is 5.52. The van der Waals surface area contributed by atoms with Crippen LogP contribution in [0.15, 0.2) is 0 Å². The van der Waals surface area contributed by atoms with Gasteiger partial charge in [-0.05, 0) is 12.8 Å². The maximum absolute atomic E-state index is 11.8. The van der Waals surface area contributed by atoms with Crippen LogP contribution >= 0.6 is 0 Å². The van der Waals surface area contributed by atoms with E-state index in [1.54, 1.807) is 0 Å². The lowest BCUT2D eigenvalue weighted by Crippen LogP contribution is -2.29. The molecule has 1 nitrogen and oxygen atoms in total. The molecule has 0 spiro atoms. The standard InChI is InChI=1S/C11H20O/c1-11(2,3)10(12)9-7-5-4-6-8-9/h9H,4-8H2,1-3H3. The van der Waals surface area contributed by atoms with Crippen LogP contribution in [0, 0.1) is 11.3 Å². The zero-order chi connectivity index (χ0) is 9.19. The summed E-state index contributed by atoms with van der Waals surface area (Å²) in [6, 6.07) is 0. The summed E-state index contributed by atoms with van der Waals surface area (Å²) in [5.74, 6) is 0.848. The van der Waals surface area contributed by atoms with Crippen molar-refractivity contribution >= 4 is 5.78 Å². The van der Waals surface area contributed by atoms with Gasteiger partial charge >= 0.3 is 0 Å². The van der Waals surface area contributed by atoms with E-state index >= 15 is 0 Å². The number of Topliss-reactive ketones (excluding diaryl/α,β-unsaturated/α-hetero) is 1. The highest BCUT2D eigenvalue weighted by molar-refractivity contribution is 5.85. The Hall–Kier alpha value is -0.330. The predicted molar refractivity (Wildman–Crippen MR) is 51.0 cm³/mol. The molecule has 1 aliphatic rings. The Morgan fingerprint density at radius 3 is 2.00 bits per heavy atom. The molecule has 0 radical (unpaired) electrons. The first-order valence-electron chi connectivity index (χ1n) is 5.06. The molecule has 0 aromatic rings. The third-order valence-electron chi connectivity index (χ3n) is 2.72. The van der Waals surface area contributed by atoms with Crippen molar-refractivity contribution in [2.45, 2.75) is 52.9 Å². The number of carbonyl (C=O) groups is 1. The van der Waals surface area contributed by atoms with Gasteiger partial charge in [-0.2, -0.15) is 0 Å². The van der Waals surface area contributed by atoms with Crippen LogP contribution in [0.5, 0.6) is 0 Å². The van der Waals surface area contributed by atoms with E-state index in [9.17, 15) is 4.79 Å². The minimum atomic E-state index is -0.123. The van der Waals surface area contributed by atoms with Gasteiger partial charge in [-0.3, -0.25) is 4.79 Å². The van der Waals surface area contributed by atoms with E-state index in [1.807, 2.05) is 20.8 Å². The second-order valence-electron chi connectivity index (χ2n) is 4.95. The summed E-state index contributed by atoms with van der Waals surface area (Å²) < 4.78 is 0. The zero-order valence-corrected chi connectivity index (χ0v) is 8.52. The van der Waals surface area contributed by atoms with E-state index in [0.717, 1.165) is 12.8 Å². The highest BCUT2D eigenvalue weighted by atomic mass is 16.1. The van der Waals surface area contributed by atoms with Gasteiger partial charge in [0.1, 0.15) is 5.78 Å². The second-order valence-corrected chi connectivity index (χ2v) is 4.95. The molecular formula is C11H20O. The molecule has 0 amide bonds. The van der Waals surface area contributed by atoms with Crippen LogP contribution in [0.25, 0.3) is 0 Å². The molecule has 0 unspecified atom stereocenters. The fourth-order valence-electron chi connectivity index (χ4n) is 1.98. The molecule has 1 rings (SSSR count). The summed E-state index contributed by atoms with van der Waals surface area (Å²) >= 11 is 0. The SMILES string of the molecule is CC(C)(C)C(=O)C1CCCCC1. The summed E-state index contributed by atoms with van der Waals surface area (Å²) in [4.78, 5) is 11.8. The molecule has 70 valence electrons. The average Bonchev–Trinajstić information content (AvgIpc) is 2.03. The van der Waals surface area contributed by atoms with Crippen molar-refractivity contribution in [3.8, 4) is 0 Å². The average molecular weight is 168 g/mol. The number of hydrogen-bond acceptors (Lipinski definition) is 1. The van der Waals surface area contributed by atoms with Crippen molar-refractivity contribution in [2.75, 3.05) is 0 Å². The topological polar surface area (TPSA) is 17.1 Å². The summed E-state index contributed by atoms with van der Waals surface area (Å²) in [5, 5.41) is 0. The Morgan fingerprint density at radius 2 is 1.58 bits per heavy atom. The van der Waals surface area contributed by atoms with E-state index in [4.69, 9.17) is 0 Å². The van der Waals surface area contributed by atoms with Gasteiger partial charge in [0, 0.05) is 11.3 Å². The van der Waals surface area contributed by atoms with Crippen LogP contribution in [0.3, 0.4) is 0 Å². The molecule has 0 aliphatic heterocycles. The number of ketones is 1. The Labute approximate surface area is 75.5 Å². The van der Waals surface area contributed by atoms with Crippen molar-refractivity contribution in [1.82, 2.24) is 0 Å². The molecule has 12 heavy (non-hydrogen) atoms. The van der Waals surface area contributed by atoms with E-state index in [2.05, 4.69) is 0 Å². The third-order valence-corrected chi connectivity index (χ3v) is 2.72. The van der Waals surface area contributed by atoms with E-state index in [1.165, 1.54) is 19.3 Å². The number of rotatable bonds is 1. The lowest BCUT2D eigenvalue weighted by atomic mass is 9.76. The Balaban J connectivity index is 2.51. The van der Waals surface area contributed by atoms with Gasteiger partial charge in [0.05, 0.1) is 0 Å². The fourth-order valence-corrected chi connectivity index (χ4v) is 1.98. The maximum Gasteiger partial charge on any atom is 0.141 e. The van der Waals surface area contributed by atoms with Gasteiger partial charge in [-0.25, -0.2) is 0 Å². The van der Waals surface area contributed by atoms with Crippen molar-refractivity contribution in [1.29, 1.82) is 0 Å². The fraction of sp³-hybridized carbons (Fsp3) is 0.909. The van der Waals surface area contributed by atoms with Crippen molar-refractivity contribution < 1.29 is 4.79 Å². The molecular weight excluding hydrogens is 148 g/mol. The van der Waals surface area contributed by atoms with E-state index < -0.39 is 0 Å². The first-order valence-corrected chi connectivity index (χ1v) is 5.06. The minimum Gasteiger partial charge on any atom is -0.299 e. The lowest BCUT2D eigenvalue weighted by Gasteiger charge is -2.27. The minimum absolute atomic E-state index is 0.123. The Morgan fingerprint density at radius 1 is 1.08 bits per heavy atom. The molecule has 1 saturated carbocycles. The van der Waals surface area contributed by atoms with Gasteiger partial charge in [-0.1, -0.05) is 40.0 Å². The van der Waals surface area contributed by atoms with Gasteiger partial charge in [-0.15, -0.1) is 0 Å². The van der Waals surface area contributed by atoms with Crippen molar-refractivity contribution in [2.24, 2.45) is 11.3 Å². The van der Waals surface area contributed by atoms with Crippen molar-refractivity contribution in [3.63, 3.8) is 0 Å². The van der Waals surface area contributed by atoms with Crippen LogP contribution in [0.4, 0.5) is 0 Å². The number of hydrogen-bond donors (Lipinski definition) is 0. The molecule has 0 aromatic heterocycles. The van der Waals surface area contributed by atoms with Crippen LogP contribution < -0.4 is 0 Å². The Bertz CT molecular complexity index is 158. The smallest absolute Gasteiger partial charge is 0.141 e. The molecule has 1 fully saturated rings. The molecule has 0 N–H and O–H groups in total. The quantitative estimate of drug-likeness (QED) is 0.587. The van der Waals surface area contributed by atoms with Gasteiger partial charge in [0.25, 0.3) is 0 Å². The van der Waals surface area contributed by atoms with Gasteiger partial charge in [0.2, 0.25) is 0 Å². The normalized spacial score (nSPS) is 20.9. The molecule has 0 saturated heterocycles. The van der Waals surface area contributed by atoms with Crippen LogP contribution in [0.1, 0.15) is 52.9 Å². The van der Waals surface area contributed by atoms with E-state index in [-0.39, 0.29) is 5.41 Å². The third kappa shape index (κ3) is 2.33.